The molecule has 5 nitrogen and oxygen atoms in total. The number of carbonyl (C=O) groups excluding carboxylic acids is 1. The van der Waals surface area contributed by atoms with E-state index in [4.69, 9.17) is 9.52 Å². The monoisotopic (exact) mass is 347 g/mol. The summed E-state index contributed by atoms with van der Waals surface area (Å²) in [7, 11) is 0. The number of carbonyl (C=O) groups is 2. The molecule has 0 spiro atoms. The van der Waals surface area contributed by atoms with Crippen LogP contribution in [0, 0.1) is 5.41 Å². The zero-order valence-electron chi connectivity index (χ0n) is 14.0. The third kappa shape index (κ3) is 4.89. The molecule has 0 atom stereocenters. The Morgan fingerprint density at radius 2 is 1.88 bits per heavy atom. The number of benzene rings is 1. The molecule has 0 aliphatic carbocycles. The lowest BCUT2D eigenvalue weighted by Gasteiger charge is -2.19. The lowest BCUT2D eigenvalue weighted by atomic mass is 9.97. The molecule has 0 aliphatic heterocycles. The summed E-state index contributed by atoms with van der Waals surface area (Å²) >= 11 is 1.38. The molecule has 2 rings (SSSR count). The number of amides is 1. The Kier molecular flexibility index (Phi) is 5.72. The molecule has 128 valence electrons. The van der Waals surface area contributed by atoms with Crippen molar-refractivity contribution >= 4 is 23.6 Å². The molecule has 0 saturated heterocycles. The minimum atomic E-state index is -1.02. The third-order valence-electron chi connectivity index (χ3n) is 3.25. The van der Waals surface area contributed by atoms with Crippen LogP contribution in [0.1, 0.15) is 47.2 Å². The Bertz CT molecular complexity index is 731. The number of carboxylic acids is 1. The van der Waals surface area contributed by atoms with Crippen molar-refractivity contribution in [1.29, 1.82) is 0 Å². The van der Waals surface area contributed by atoms with Crippen LogP contribution in [0.3, 0.4) is 0 Å². The van der Waals surface area contributed by atoms with Crippen molar-refractivity contribution in [3.8, 4) is 0 Å². The summed E-state index contributed by atoms with van der Waals surface area (Å²) in [6.07, 6.45) is 1.36. The first-order chi connectivity index (χ1) is 11.3. The number of thioether (sulfide) groups is 1. The molecule has 24 heavy (non-hydrogen) atoms. The zero-order valence-corrected chi connectivity index (χ0v) is 14.8. The topological polar surface area (TPSA) is 79.5 Å². The minimum Gasteiger partial charge on any atom is -0.478 e. The van der Waals surface area contributed by atoms with Gasteiger partial charge in [-0.2, -0.15) is 0 Å². The highest BCUT2D eigenvalue weighted by Gasteiger charge is 2.17. The van der Waals surface area contributed by atoms with E-state index < -0.39 is 5.97 Å². The molecule has 6 heteroatoms. The van der Waals surface area contributed by atoms with Gasteiger partial charge in [0.1, 0.15) is 11.3 Å². The Labute approximate surface area is 145 Å². The van der Waals surface area contributed by atoms with Crippen molar-refractivity contribution in [2.24, 2.45) is 5.41 Å². The van der Waals surface area contributed by atoms with E-state index in [9.17, 15) is 9.59 Å². The summed E-state index contributed by atoms with van der Waals surface area (Å²) in [5, 5.41) is 12.0. The van der Waals surface area contributed by atoms with E-state index in [-0.39, 0.29) is 16.9 Å². The van der Waals surface area contributed by atoms with Crippen molar-refractivity contribution in [3.63, 3.8) is 0 Å². The maximum atomic E-state index is 12.4. The van der Waals surface area contributed by atoms with Gasteiger partial charge >= 0.3 is 5.97 Å². The predicted octanol–water partition coefficient (Wildman–Crippen LogP) is 4.05. The second-order valence-corrected chi connectivity index (χ2v) is 7.61. The van der Waals surface area contributed by atoms with Crippen LogP contribution in [0.25, 0.3) is 0 Å². The van der Waals surface area contributed by atoms with E-state index >= 15 is 0 Å². The van der Waals surface area contributed by atoms with E-state index in [1.807, 2.05) is 18.2 Å². The molecule has 0 unspecified atom stereocenters. The summed E-state index contributed by atoms with van der Waals surface area (Å²) in [5.41, 5.74) is 0.731. The maximum absolute atomic E-state index is 12.4. The second-order valence-electron chi connectivity index (χ2n) is 6.59. The molecule has 0 fully saturated rings. The van der Waals surface area contributed by atoms with Gasteiger partial charge in [-0.15, -0.1) is 11.8 Å². The first-order valence-electron chi connectivity index (χ1n) is 7.57. The highest BCUT2D eigenvalue weighted by atomic mass is 32.2. The highest BCUT2D eigenvalue weighted by Crippen LogP contribution is 2.28. The number of nitrogens with one attached hydrogen (secondary N) is 1. The molecule has 1 aromatic heterocycles. The van der Waals surface area contributed by atoms with Crippen LogP contribution < -0.4 is 5.32 Å². The third-order valence-corrected chi connectivity index (χ3v) is 4.32. The van der Waals surface area contributed by atoms with Crippen LogP contribution in [0.2, 0.25) is 0 Å². The van der Waals surface area contributed by atoms with Crippen molar-refractivity contribution in [2.45, 2.75) is 31.4 Å². The average Bonchev–Trinajstić information content (AvgIpc) is 2.99. The van der Waals surface area contributed by atoms with Crippen molar-refractivity contribution in [3.05, 3.63) is 53.5 Å². The van der Waals surface area contributed by atoms with Gasteiger partial charge in [0.05, 0.1) is 17.6 Å². The summed E-state index contributed by atoms with van der Waals surface area (Å²) in [6, 6.07) is 8.70. The maximum Gasteiger partial charge on any atom is 0.339 e. The van der Waals surface area contributed by atoms with E-state index in [0.717, 1.165) is 4.90 Å². The summed E-state index contributed by atoms with van der Waals surface area (Å²) in [6.45, 7) is 6.74. The number of hydrogen-bond acceptors (Lipinski definition) is 4. The largest absolute Gasteiger partial charge is 0.478 e. The Morgan fingerprint density at radius 3 is 2.54 bits per heavy atom. The number of aromatic carboxylic acids is 1. The van der Waals surface area contributed by atoms with Gasteiger partial charge in [-0.05, 0) is 23.6 Å². The van der Waals surface area contributed by atoms with Gasteiger partial charge in [-0.1, -0.05) is 32.9 Å². The first kappa shape index (κ1) is 18.1. The fraction of sp³-hybridized carbons (Fsp3) is 0.333. The first-order valence-corrected chi connectivity index (χ1v) is 8.56. The van der Waals surface area contributed by atoms with Crippen molar-refractivity contribution in [1.82, 2.24) is 5.32 Å². The van der Waals surface area contributed by atoms with Crippen LogP contribution in [0.4, 0.5) is 0 Å². The number of hydrogen-bond donors (Lipinski definition) is 2. The van der Waals surface area contributed by atoms with E-state index in [0.29, 0.717) is 23.6 Å². The lowest BCUT2D eigenvalue weighted by Crippen LogP contribution is -2.32. The molecular formula is C18H21NO4S. The smallest absolute Gasteiger partial charge is 0.339 e. The molecule has 2 aromatic rings. The summed E-state index contributed by atoms with van der Waals surface area (Å²) in [5.74, 6) is -0.419. The van der Waals surface area contributed by atoms with Gasteiger partial charge in [0.15, 0.2) is 0 Å². The molecular weight excluding hydrogens is 326 g/mol. The fourth-order valence-electron chi connectivity index (χ4n) is 2.01. The normalized spacial score (nSPS) is 11.3. The predicted molar refractivity (Wildman–Crippen MR) is 93.5 cm³/mol. The number of carboxylic acid groups (broad SMARTS) is 1. The Hall–Kier alpha value is -2.21. The van der Waals surface area contributed by atoms with Gasteiger partial charge in [-0.25, -0.2) is 4.79 Å². The number of rotatable bonds is 6. The number of furan rings is 1. The average molecular weight is 347 g/mol. The lowest BCUT2D eigenvalue weighted by molar-refractivity contribution is 0.0694. The van der Waals surface area contributed by atoms with Crippen LogP contribution in [-0.2, 0) is 5.75 Å². The Balaban J connectivity index is 2.10. The minimum absolute atomic E-state index is 0.00229. The molecule has 0 aliphatic rings. The summed E-state index contributed by atoms with van der Waals surface area (Å²) < 4.78 is 5.24. The van der Waals surface area contributed by atoms with Crippen LogP contribution in [0.15, 0.2) is 45.9 Å². The van der Waals surface area contributed by atoms with E-state index in [1.165, 1.54) is 24.1 Å². The molecule has 0 bridgehead atoms. The van der Waals surface area contributed by atoms with Crippen LogP contribution in [0.5, 0.6) is 0 Å². The standard InChI is InChI=1S/C18H21NO4S/c1-18(2,3)11-19-16(20)13-6-4-5-7-15(13)24-10-14-12(17(21)22)8-9-23-14/h4-9H,10-11H2,1-3H3,(H,19,20)(H,21,22). The van der Waals surface area contributed by atoms with Gasteiger partial charge in [-0.3, -0.25) is 4.79 Å². The summed E-state index contributed by atoms with van der Waals surface area (Å²) in [4.78, 5) is 24.3. The second kappa shape index (κ2) is 7.57. The van der Waals surface area contributed by atoms with Gasteiger partial charge < -0.3 is 14.8 Å². The van der Waals surface area contributed by atoms with Crippen LogP contribution in [-0.4, -0.2) is 23.5 Å². The molecule has 1 amide bonds. The molecule has 0 saturated carbocycles. The molecule has 1 heterocycles. The van der Waals surface area contributed by atoms with Gasteiger partial charge in [0.25, 0.3) is 5.91 Å². The molecule has 1 aromatic carbocycles. The zero-order chi connectivity index (χ0) is 17.7. The molecule has 0 radical (unpaired) electrons. The van der Waals surface area contributed by atoms with Gasteiger partial charge in [0, 0.05) is 11.4 Å². The SMILES string of the molecule is CC(C)(C)CNC(=O)c1ccccc1SCc1occc1C(=O)O. The molecule has 2 N–H and O–H groups in total. The fourth-order valence-corrected chi connectivity index (χ4v) is 3.01. The van der Waals surface area contributed by atoms with Crippen LogP contribution >= 0.6 is 11.8 Å². The van der Waals surface area contributed by atoms with Crippen molar-refractivity contribution in [2.75, 3.05) is 6.54 Å². The highest BCUT2D eigenvalue weighted by molar-refractivity contribution is 7.98. The Morgan fingerprint density at radius 1 is 1.17 bits per heavy atom. The quantitative estimate of drug-likeness (QED) is 0.771. The van der Waals surface area contributed by atoms with E-state index in [2.05, 4.69) is 26.1 Å². The van der Waals surface area contributed by atoms with Crippen molar-refractivity contribution < 1.29 is 19.1 Å². The van der Waals surface area contributed by atoms with Gasteiger partial charge in [0.2, 0.25) is 0 Å². The van der Waals surface area contributed by atoms with E-state index in [1.54, 1.807) is 6.07 Å².